The van der Waals surface area contributed by atoms with Crippen molar-refractivity contribution >= 4 is 0 Å². The molecule has 0 amide bonds. The van der Waals surface area contributed by atoms with Gasteiger partial charge in [-0.2, -0.15) is 0 Å². The fraction of sp³-hybridized carbons (Fsp3) is 1.00. The molecule has 0 radical (unpaired) electrons. The van der Waals surface area contributed by atoms with Crippen LogP contribution in [0.25, 0.3) is 0 Å². The normalized spacial score (nSPS) is 33.0. The molecule has 1 N–H and O–H groups in total. The summed E-state index contributed by atoms with van der Waals surface area (Å²) in [6.45, 7) is 7.29. The average molecular weight is 155 g/mol. The van der Waals surface area contributed by atoms with E-state index in [2.05, 4.69) is 18.7 Å². The number of nitrogens with zero attached hydrogens (tertiary/aromatic N) is 1. The van der Waals surface area contributed by atoms with Crippen molar-refractivity contribution in [2.24, 2.45) is 5.41 Å². The standard InChI is InChI=1S/C9H17NO/c1-8(2)5-10(6-8)9(7-11)3-4-9/h11H,3-7H2,1-2H3. The Hall–Kier alpha value is -0.0800. The van der Waals surface area contributed by atoms with E-state index in [9.17, 15) is 0 Å². The molecule has 64 valence electrons. The summed E-state index contributed by atoms with van der Waals surface area (Å²) in [4.78, 5) is 2.44. The molecule has 0 aromatic rings. The fourth-order valence-corrected chi connectivity index (χ4v) is 2.04. The molecule has 2 nitrogen and oxygen atoms in total. The Bertz CT molecular complexity index is 164. The lowest BCUT2D eigenvalue weighted by molar-refractivity contribution is -0.0363. The van der Waals surface area contributed by atoms with Gasteiger partial charge < -0.3 is 5.11 Å². The third-order valence-corrected chi connectivity index (χ3v) is 3.03. The average Bonchev–Trinajstić information content (AvgIpc) is 2.62. The largest absolute Gasteiger partial charge is 0.394 e. The number of hydrogen-bond acceptors (Lipinski definition) is 2. The van der Waals surface area contributed by atoms with E-state index >= 15 is 0 Å². The summed E-state index contributed by atoms with van der Waals surface area (Å²) in [6, 6.07) is 0. The van der Waals surface area contributed by atoms with Crippen molar-refractivity contribution in [2.45, 2.75) is 32.2 Å². The second-order valence-corrected chi connectivity index (χ2v) is 4.90. The third-order valence-electron chi connectivity index (χ3n) is 3.03. The van der Waals surface area contributed by atoms with Crippen LogP contribution in [0.15, 0.2) is 0 Å². The summed E-state index contributed by atoms with van der Waals surface area (Å²) < 4.78 is 0. The predicted molar refractivity (Wildman–Crippen MR) is 44.4 cm³/mol. The molecule has 0 spiro atoms. The number of likely N-dealkylation sites (tertiary alicyclic amines) is 1. The summed E-state index contributed by atoms with van der Waals surface area (Å²) in [5, 5.41) is 9.12. The Morgan fingerprint density at radius 2 is 1.82 bits per heavy atom. The van der Waals surface area contributed by atoms with Gasteiger partial charge >= 0.3 is 0 Å². The number of hydrogen-bond donors (Lipinski definition) is 1. The van der Waals surface area contributed by atoms with Gasteiger partial charge in [0.25, 0.3) is 0 Å². The Morgan fingerprint density at radius 3 is 2.09 bits per heavy atom. The maximum Gasteiger partial charge on any atom is 0.0615 e. The summed E-state index contributed by atoms with van der Waals surface area (Å²) in [6.07, 6.45) is 2.42. The highest BCUT2D eigenvalue weighted by atomic mass is 16.3. The smallest absolute Gasteiger partial charge is 0.0615 e. The van der Waals surface area contributed by atoms with Crippen molar-refractivity contribution in [1.82, 2.24) is 4.90 Å². The van der Waals surface area contributed by atoms with E-state index in [0.29, 0.717) is 12.0 Å². The lowest BCUT2D eigenvalue weighted by atomic mass is 9.83. The lowest BCUT2D eigenvalue weighted by Crippen LogP contribution is -2.59. The lowest BCUT2D eigenvalue weighted by Gasteiger charge is -2.50. The van der Waals surface area contributed by atoms with Gasteiger partial charge in [-0.25, -0.2) is 0 Å². The molecule has 11 heavy (non-hydrogen) atoms. The van der Waals surface area contributed by atoms with Gasteiger partial charge in [-0.15, -0.1) is 0 Å². The Labute approximate surface area is 68.2 Å². The topological polar surface area (TPSA) is 23.5 Å². The van der Waals surface area contributed by atoms with Crippen LogP contribution in [0.5, 0.6) is 0 Å². The van der Waals surface area contributed by atoms with E-state index in [1.807, 2.05) is 0 Å². The van der Waals surface area contributed by atoms with Gasteiger partial charge in [-0.1, -0.05) is 13.8 Å². The summed E-state index contributed by atoms with van der Waals surface area (Å²) in [5.74, 6) is 0. The highest BCUT2D eigenvalue weighted by Crippen LogP contribution is 2.47. The van der Waals surface area contributed by atoms with E-state index in [1.54, 1.807) is 0 Å². The van der Waals surface area contributed by atoms with Gasteiger partial charge in [0.15, 0.2) is 0 Å². The Morgan fingerprint density at radius 1 is 1.27 bits per heavy atom. The minimum atomic E-state index is 0.232. The maximum atomic E-state index is 9.12. The fourth-order valence-electron chi connectivity index (χ4n) is 2.04. The van der Waals surface area contributed by atoms with Crippen LogP contribution in [-0.4, -0.2) is 35.2 Å². The number of rotatable bonds is 2. The second kappa shape index (κ2) is 1.99. The Balaban J connectivity index is 1.91. The SMILES string of the molecule is CC1(C)CN(C2(CO)CC2)C1. The molecule has 2 heteroatoms. The first kappa shape index (κ1) is 7.56. The van der Waals surface area contributed by atoms with Crippen LogP contribution in [-0.2, 0) is 0 Å². The van der Waals surface area contributed by atoms with Crippen LogP contribution in [0.2, 0.25) is 0 Å². The van der Waals surface area contributed by atoms with Crippen molar-refractivity contribution < 1.29 is 5.11 Å². The highest BCUT2D eigenvalue weighted by molar-refractivity contribution is 5.09. The van der Waals surface area contributed by atoms with E-state index in [0.717, 1.165) is 0 Å². The molecule has 1 heterocycles. The van der Waals surface area contributed by atoms with Crippen LogP contribution in [0.3, 0.4) is 0 Å². The zero-order valence-corrected chi connectivity index (χ0v) is 7.43. The number of aliphatic hydroxyl groups is 1. The zero-order chi connectivity index (χ0) is 8.11. The van der Waals surface area contributed by atoms with Crippen LogP contribution in [0, 0.1) is 5.41 Å². The molecular weight excluding hydrogens is 138 g/mol. The van der Waals surface area contributed by atoms with E-state index < -0.39 is 0 Å². The van der Waals surface area contributed by atoms with Gasteiger partial charge in [-0.05, 0) is 18.3 Å². The van der Waals surface area contributed by atoms with E-state index in [4.69, 9.17) is 5.11 Å². The summed E-state index contributed by atoms with van der Waals surface area (Å²) in [7, 11) is 0. The molecule has 1 saturated heterocycles. The number of aliphatic hydroxyl groups excluding tert-OH is 1. The van der Waals surface area contributed by atoms with Crippen molar-refractivity contribution in [3.63, 3.8) is 0 Å². The van der Waals surface area contributed by atoms with E-state index in [-0.39, 0.29) is 5.54 Å². The first-order chi connectivity index (χ1) is 5.08. The molecular formula is C9H17NO. The predicted octanol–water partition coefficient (Wildman–Crippen LogP) is 0.853. The minimum Gasteiger partial charge on any atom is -0.394 e. The van der Waals surface area contributed by atoms with Crippen molar-refractivity contribution in [1.29, 1.82) is 0 Å². The van der Waals surface area contributed by atoms with Crippen molar-refractivity contribution in [2.75, 3.05) is 19.7 Å². The van der Waals surface area contributed by atoms with Gasteiger partial charge in [0.05, 0.1) is 6.61 Å². The monoisotopic (exact) mass is 155 g/mol. The zero-order valence-electron chi connectivity index (χ0n) is 7.43. The van der Waals surface area contributed by atoms with Crippen LogP contribution >= 0.6 is 0 Å². The molecule has 0 unspecified atom stereocenters. The first-order valence-electron chi connectivity index (χ1n) is 4.44. The van der Waals surface area contributed by atoms with Gasteiger partial charge in [-0.3, -0.25) is 4.90 Å². The van der Waals surface area contributed by atoms with Crippen molar-refractivity contribution in [3.05, 3.63) is 0 Å². The molecule has 1 aliphatic carbocycles. The maximum absolute atomic E-state index is 9.12. The Kier molecular flexibility index (Phi) is 1.37. The van der Waals surface area contributed by atoms with E-state index in [1.165, 1.54) is 25.9 Å². The second-order valence-electron chi connectivity index (χ2n) is 4.90. The molecule has 0 bridgehead atoms. The summed E-state index contributed by atoms with van der Waals surface area (Å²) in [5.41, 5.74) is 0.736. The van der Waals surface area contributed by atoms with Crippen molar-refractivity contribution in [3.8, 4) is 0 Å². The van der Waals surface area contributed by atoms with Gasteiger partial charge in [0.1, 0.15) is 0 Å². The molecule has 2 rings (SSSR count). The van der Waals surface area contributed by atoms with Gasteiger partial charge in [0.2, 0.25) is 0 Å². The molecule has 1 saturated carbocycles. The molecule has 0 atom stereocenters. The quantitative estimate of drug-likeness (QED) is 0.639. The molecule has 0 aromatic heterocycles. The van der Waals surface area contributed by atoms with Gasteiger partial charge in [0, 0.05) is 18.6 Å². The third kappa shape index (κ3) is 1.09. The molecule has 2 aliphatic rings. The molecule has 0 aromatic carbocycles. The van der Waals surface area contributed by atoms with Crippen LogP contribution in [0.1, 0.15) is 26.7 Å². The molecule has 1 aliphatic heterocycles. The minimum absolute atomic E-state index is 0.232. The summed E-state index contributed by atoms with van der Waals surface area (Å²) >= 11 is 0. The highest BCUT2D eigenvalue weighted by Gasteiger charge is 2.53. The van der Waals surface area contributed by atoms with Crippen LogP contribution in [0.4, 0.5) is 0 Å². The molecule has 2 fully saturated rings. The first-order valence-corrected chi connectivity index (χ1v) is 4.44. The van der Waals surface area contributed by atoms with Crippen LogP contribution < -0.4 is 0 Å².